The smallest absolute Gasteiger partial charge is 0.410 e. The molecule has 2 aromatic heterocycles. The number of pyridine rings is 1. The number of aryl methyl sites for hydroxylation is 1. The van der Waals surface area contributed by atoms with Crippen molar-refractivity contribution in [3.05, 3.63) is 68.9 Å². The number of nitro groups is 1. The van der Waals surface area contributed by atoms with Crippen LogP contribution in [0.1, 0.15) is 67.0 Å². The Balaban J connectivity index is 1.77. The highest BCUT2D eigenvalue weighted by Gasteiger charge is 2.34. The van der Waals surface area contributed by atoms with Gasteiger partial charge in [-0.15, -0.1) is 0 Å². The van der Waals surface area contributed by atoms with Gasteiger partial charge in [-0.2, -0.15) is 5.10 Å². The van der Waals surface area contributed by atoms with Crippen molar-refractivity contribution in [2.24, 2.45) is 7.05 Å². The lowest BCUT2D eigenvalue weighted by Gasteiger charge is -2.27. The first-order valence-electron chi connectivity index (χ1n) is 13.1. The van der Waals surface area contributed by atoms with Gasteiger partial charge < -0.3 is 29.8 Å². The van der Waals surface area contributed by atoms with Crippen molar-refractivity contribution >= 4 is 23.6 Å². The summed E-state index contributed by atoms with van der Waals surface area (Å²) < 4.78 is 21.5. The van der Waals surface area contributed by atoms with E-state index in [4.69, 9.17) is 4.74 Å². The number of carbonyl (C=O) groups is 2. The summed E-state index contributed by atoms with van der Waals surface area (Å²) in [6, 6.07) is 4.76. The minimum atomic E-state index is -1.26. The molecule has 12 nitrogen and oxygen atoms in total. The number of carboxylic acid groups (broad SMARTS) is 1. The van der Waals surface area contributed by atoms with Crippen LogP contribution in [0.3, 0.4) is 0 Å². The Bertz CT molecular complexity index is 1510. The number of carboxylic acids is 1. The molecule has 3 heterocycles. The molecule has 4 rings (SSSR count). The number of nitrogens with zero attached hydrogens (tertiary/aromatic N) is 6. The first kappa shape index (κ1) is 29.4. The Hall–Kier alpha value is -4.55. The molecule has 1 aromatic carbocycles. The normalized spacial score (nSPS) is 15.2. The van der Waals surface area contributed by atoms with Crippen molar-refractivity contribution < 1.29 is 28.7 Å². The van der Waals surface area contributed by atoms with Crippen LogP contribution < -0.4 is 4.90 Å². The summed E-state index contributed by atoms with van der Waals surface area (Å²) in [5.41, 5.74) is 2.30. The zero-order valence-corrected chi connectivity index (χ0v) is 23.8. The number of aromatic carboxylic acids is 1. The third-order valence-electron chi connectivity index (χ3n) is 6.92. The molecule has 1 saturated heterocycles. The van der Waals surface area contributed by atoms with Gasteiger partial charge in [-0.1, -0.05) is 0 Å². The number of ether oxygens (including phenoxy) is 1. The Morgan fingerprint density at radius 1 is 1.27 bits per heavy atom. The van der Waals surface area contributed by atoms with Gasteiger partial charge in [0.25, 0.3) is 0 Å². The average Bonchev–Trinajstić information content (AvgIpc) is 3.46. The fourth-order valence-electron chi connectivity index (χ4n) is 5.06. The van der Waals surface area contributed by atoms with Crippen molar-refractivity contribution in [1.29, 1.82) is 0 Å². The lowest BCUT2D eigenvalue weighted by Crippen LogP contribution is -2.34. The van der Waals surface area contributed by atoms with Crippen molar-refractivity contribution in [1.82, 2.24) is 19.7 Å². The average molecular weight is 569 g/mol. The van der Waals surface area contributed by atoms with E-state index in [9.17, 15) is 29.2 Å². The van der Waals surface area contributed by atoms with Crippen molar-refractivity contribution in [3.63, 3.8) is 0 Å². The van der Waals surface area contributed by atoms with E-state index in [-0.39, 0.29) is 23.6 Å². The summed E-state index contributed by atoms with van der Waals surface area (Å²) in [6.45, 7) is 7.71. The van der Waals surface area contributed by atoms with Gasteiger partial charge in [-0.3, -0.25) is 4.68 Å². The molecule has 1 aliphatic heterocycles. The van der Waals surface area contributed by atoms with E-state index in [2.05, 4.69) is 10.1 Å². The molecular weight excluding hydrogens is 535 g/mol. The largest absolute Gasteiger partial charge is 0.478 e. The number of halogens is 1. The minimum Gasteiger partial charge on any atom is -0.478 e. The molecule has 1 aliphatic rings. The maximum atomic E-state index is 14.4. The van der Waals surface area contributed by atoms with Crippen LogP contribution in [-0.4, -0.2) is 61.0 Å². The zero-order valence-electron chi connectivity index (χ0n) is 23.8. The number of hydrogen-bond acceptors (Lipinski definition) is 8. The Labute approximate surface area is 236 Å². The molecule has 1 atom stereocenters. The molecule has 1 amide bonds. The first-order valence-corrected chi connectivity index (χ1v) is 13.1. The van der Waals surface area contributed by atoms with E-state index in [1.165, 1.54) is 23.2 Å². The van der Waals surface area contributed by atoms with Gasteiger partial charge in [0.1, 0.15) is 23.3 Å². The SMILES string of the molecule is Cc1c(-c2cnc([N+](=O)[O-])c(N3CCC[C@@H]3c3cc(F)cc(C(=O)O)c3)c2)c(CN(C)C(=O)OC(C)(C)C)nn1C. The van der Waals surface area contributed by atoms with E-state index in [0.717, 1.165) is 11.8 Å². The Morgan fingerprint density at radius 2 is 1.98 bits per heavy atom. The molecular formula is C28H33FN6O6. The van der Waals surface area contributed by atoms with Crippen molar-refractivity contribution in [2.75, 3.05) is 18.5 Å². The van der Waals surface area contributed by atoms with Gasteiger partial charge >= 0.3 is 17.9 Å². The zero-order chi connectivity index (χ0) is 30.2. The number of hydrogen-bond donors (Lipinski definition) is 1. The van der Waals surface area contributed by atoms with E-state index in [1.807, 2.05) is 6.92 Å². The van der Waals surface area contributed by atoms with E-state index >= 15 is 0 Å². The predicted molar refractivity (Wildman–Crippen MR) is 148 cm³/mol. The number of rotatable bonds is 7. The molecule has 0 radical (unpaired) electrons. The fraction of sp³-hybridized carbons (Fsp3) is 0.429. The van der Waals surface area contributed by atoms with Crippen LogP contribution in [0.4, 0.5) is 20.7 Å². The molecule has 0 bridgehead atoms. The minimum absolute atomic E-state index is 0.117. The number of aromatic nitrogens is 3. The number of benzene rings is 1. The van der Waals surface area contributed by atoms with E-state index in [1.54, 1.807) is 50.5 Å². The van der Waals surface area contributed by atoms with E-state index in [0.29, 0.717) is 41.8 Å². The molecule has 1 fully saturated rings. The van der Waals surface area contributed by atoms with Crippen LogP contribution in [0.2, 0.25) is 0 Å². The monoisotopic (exact) mass is 568 g/mol. The molecule has 13 heteroatoms. The lowest BCUT2D eigenvalue weighted by atomic mass is 10.0. The number of anilines is 1. The summed E-state index contributed by atoms with van der Waals surface area (Å²) in [6.07, 6.45) is 2.08. The van der Waals surface area contributed by atoms with Gasteiger partial charge in [0.15, 0.2) is 0 Å². The van der Waals surface area contributed by atoms with Crippen molar-refractivity contribution in [2.45, 2.75) is 58.7 Å². The topological polar surface area (TPSA) is 144 Å². The summed E-state index contributed by atoms with van der Waals surface area (Å²) in [5.74, 6) is -2.33. The Morgan fingerprint density at radius 3 is 2.61 bits per heavy atom. The molecule has 1 N–H and O–H groups in total. The third-order valence-corrected chi connectivity index (χ3v) is 6.92. The first-order chi connectivity index (χ1) is 19.2. The second-order valence-corrected chi connectivity index (χ2v) is 11.1. The van der Waals surface area contributed by atoms with Crippen LogP contribution in [0.5, 0.6) is 0 Å². The van der Waals surface area contributed by atoms with E-state index < -0.39 is 34.4 Å². The molecule has 0 saturated carbocycles. The molecule has 0 spiro atoms. The number of carbonyl (C=O) groups excluding carboxylic acids is 1. The standard InChI is InChI=1S/C28H33FN6O6/c1-16-24(21(31-33(16)6)15-32(5)27(38)41-28(2,3)4)19-13-23(25(30-14-19)35(39)40)34-9-7-8-22(34)17-10-18(26(36)37)12-20(29)11-17/h10-14,22H,7-9,15H2,1-6H3,(H,36,37)/t22-/m1/s1. The fourth-order valence-corrected chi connectivity index (χ4v) is 5.06. The number of amides is 1. The highest BCUT2D eigenvalue weighted by Crippen LogP contribution is 2.42. The summed E-state index contributed by atoms with van der Waals surface area (Å²) in [7, 11) is 3.36. The van der Waals surface area contributed by atoms with Crippen molar-refractivity contribution in [3.8, 4) is 11.1 Å². The molecule has 3 aromatic rings. The quantitative estimate of drug-likeness (QED) is 0.299. The van der Waals surface area contributed by atoms with Gasteiger partial charge in [0.2, 0.25) is 0 Å². The van der Waals surface area contributed by atoms with Crippen LogP contribution in [0, 0.1) is 22.9 Å². The van der Waals surface area contributed by atoms with Gasteiger partial charge in [-0.25, -0.2) is 14.0 Å². The maximum absolute atomic E-state index is 14.4. The molecule has 41 heavy (non-hydrogen) atoms. The molecule has 0 aliphatic carbocycles. The second kappa shape index (κ2) is 11.1. The molecule has 0 unspecified atom stereocenters. The maximum Gasteiger partial charge on any atom is 0.410 e. The highest BCUT2D eigenvalue weighted by atomic mass is 19.1. The van der Waals surface area contributed by atoms with Crippen LogP contribution in [0.15, 0.2) is 30.5 Å². The third kappa shape index (κ3) is 6.28. The van der Waals surface area contributed by atoms with Gasteiger partial charge in [-0.05, 0) is 80.3 Å². The highest BCUT2D eigenvalue weighted by molar-refractivity contribution is 5.88. The van der Waals surface area contributed by atoms with Crippen LogP contribution in [-0.2, 0) is 18.3 Å². The van der Waals surface area contributed by atoms with Crippen LogP contribution in [0.25, 0.3) is 11.1 Å². The summed E-state index contributed by atoms with van der Waals surface area (Å²) >= 11 is 0. The summed E-state index contributed by atoms with van der Waals surface area (Å²) in [5, 5.41) is 26.1. The predicted octanol–water partition coefficient (Wildman–Crippen LogP) is 5.24. The Kier molecular flexibility index (Phi) is 8.00. The van der Waals surface area contributed by atoms with Gasteiger partial charge in [0.05, 0.1) is 23.8 Å². The second-order valence-electron chi connectivity index (χ2n) is 11.1. The summed E-state index contributed by atoms with van der Waals surface area (Å²) in [4.78, 5) is 43.0. The van der Waals surface area contributed by atoms with Crippen LogP contribution >= 0.6 is 0 Å². The van der Waals surface area contributed by atoms with Gasteiger partial charge in [0, 0.05) is 37.5 Å². The lowest BCUT2D eigenvalue weighted by molar-refractivity contribution is -0.388. The molecule has 218 valence electrons.